The fourth-order valence-electron chi connectivity index (χ4n) is 2.30. The predicted octanol–water partition coefficient (Wildman–Crippen LogP) is 1.42. The van der Waals surface area contributed by atoms with Gasteiger partial charge in [0.15, 0.2) is 5.82 Å². The van der Waals surface area contributed by atoms with Crippen LogP contribution in [0.3, 0.4) is 0 Å². The molecule has 1 aliphatic carbocycles. The maximum absolute atomic E-state index is 12.3. The van der Waals surface area contributed by atoms with Gasteiger partial charge in [-0.2, -0.15) is 5.10 Å². The van der Waals surface area contributed by atoms with E-state index in [1.54, 1.807) is 36.3 Å². The first kappa shape index (κ1) is 13.8. The third-order valence-electron chi connectivity index (χ3n) is 3.56. The minimum Gasteiger partial charge on any atom is -0.383 e. The summed E-state index contributed by atoms with van der Waals surface area (Å²) in [6.07, 6.45) is 5.77. The standard InChI is InChI=1S/C15H18N4O2/c1-21-10-13(11-6-7-11)18-15(20)12-4-2-5-14(17-12)19-9-3-8-16-19/h2-5,8-9,11,13H,6-7,10H2,1H3,(H,18,20). The summed E-state index contributed by atoms with van der Waals surface area (Å²) < 4.78 is 6.80. The molecule has 6 nitrogen and oxygen atoms in total. The first-order valence-corrected chi connectivity index (χ1v) is 7.05. The largest absolute Gasteiger partial charge is 0.383 e. The van der Waals surface area contributed by atoms with Gasteiger partial charge < -0.3 is 10.1 Å². The van der Waals surface area contributed by atoms with E-state index < -0.39 is 0 Å². The SMILES string of the molecule is COCC(NC(=O)c1cccc(-n2cccn2)n1)C1CC1. The lowest BCUT2D eigenvalue weighted by Crippen LogP contribution is -2.40. The molecule has 2 aromatic rings. The molecule has 110 valence electrons. The van der Waals surface area contributed by atoms with Crippen LogP contribution in [0, 0.1) is 5.92 Å². The Hall–Kier alpha value is -2.21. The lowest BCUT2D eigenvalue weighted by Gasteiger charge is -2.17. The van der Waals surface area contributed by atoms with Crippen molar-refractivity contribution < 1.29 is 9.53 Å². The molecule has 1 saturated carbocycles. The lowest BCUT2D eigenvalue weighted by molar-refractivity contribution is 0.0879. The number of aromatic nitrogens is 3. The minimum absolute atomic E-state index is 0.0673. The first-order chi connectivity index (χ1) is 10.3. The molecule has 0 aromatic carbocycles. The summed E-state index contributed by atoms with van der Waals surface area (Å²) in [6, 6.07) is 7.21. The molecule has 2 aromatic heterocycles. The number of nitrogens with zero attached hydrogens (tertiary/aromatic N) is 3. The highest BCUT2D eigenvalue weighted by atomic mass is 16.5. The summed E-state index contributed by atoms with van der Waals surface area (Å²) in [5.41, 5.74) is 0.393. The van der Waals surface area contributed by atoms with Gasteiger partial charge in [-0.05, 0) is 37.0 Å². The van der Waals surface area contributed by atoms with Crippen LogP contribution in [0.1, 0.15) is 23.3 Å². The molecule has 1 atom stereocenters. The van der Waals surface area contributed by atoms with Crippen molar-refractivity contribution in [2.24, 2.45) is 5.92 Å². The van der Waals surface area contributed by atoms with Crippen molar-refractivity contribution >= 4 is 5.91 Å². The number of carbonyl (C=O) groups is 1. The quantitative estimate of drug-likeness (QED) is 0.872. The van der Waals surface area contributed by atoms with Gasteiger partial charge in [0, 0.05) is 19.5 Å². The second kappa shape index (κ2) is 6.05. The Balaban J connectivity index is 1.73. The molecular weight excluding hydrogens is 268 g/mol. The lowest BCUT2D eigenvalue weighted by atomic mass is 10.2. The molecular formula is C15H18N4O2. The van der Waals surface area contributed by atoms with Gasteiger partial charge in [0.05, 0.1) is 12.6 Å². The van der Waals surface area contributed by atoms with Crippen LogP contribution < -0.4 is 5.32 Å². The molecule has 0 spiro atoms. The van der Waals surface area contributed by atoms with Crippen molar-refractivity contribution in [3.63, 3.8) is 0 Å². The second-order valence-corrected chi connectivity index (χ2v) is 5.20. The Morgan fingerprint density at radius 1 is 1.48 bits per heavy atom. The average Bonchev–Trinajstić information content (AvgIpc) is 3.21. The topological polar surface area (TPSA) is 69.0 Å². The van der Waals surface area contributed by atoms with Crippen LogP contribution in [0.5, 0.6) is 0 Å². The van der Waals surface area contributed by atoms with Crippen LogP contribution in [0.15, 0.2) is 36.7 Å². The van der Waals surface area contributed by atoms with Gasteiger partial charge in [-0.15, -0.1) is 0 Å². The Morgan fingerprint density at radius 3 is 3.00 bits per heavy atom. The Bertz CT molecular complexity index is 608. The zero-order chi connectivity index (χ0) is 14.7. The smallest absolute Gasteiger partial charge is 0.270 e. The van der Waals surface area contributed by atoms with Gasteiger partial charge in [0.25, 0.3) is 5.91 Å². The highest BCUT2D eigenvalue weighted by Gasteiger charge is 2.32. The highest BCUT2D eigenvalue weighted by Crippen LogP contribution is 2.32. The van der Waals surface area contributed by atoms with Gasteiger partial charge in [0.2, 0.25) is 0 Å². The summed E-state index contributed by atoms with van der Waals surface area (Å²) in [5, 5.41) is 7.13. The third kappa shape index (κ3) is 3.28. The van der Waals surface area contributed by atoms with Crippen molar-refractivity contribution in [2.75, 3.05) is 13.7 Å². The molecule has 0 saturated heterocycles. The van der Waals surface area contributed by atoms with E-state index in [0.29, 0.717) is 24.0 Å². The van der Waals surface area contributed by atoms with E-state index in [2.05, 4.69) is 15.4 Å². The molecule has 1 unspecified atom stereocenters. The molecule has 2 heterocycles. The highest BCUT2D eigenvalue weighted by molar-refractivity contribution is 5.92. The van der Waals surface area contributed by atoms with Crippen molar-refractivity contribution in [1.82, 2.24) is 20.1 Å². The monoisotopic (exact) mass is 286 g/mol. The average molecular weight is 286 g/mol. The number of carbonyl (C=O) groups excluding carboxylic acids is 1. The van der Waals surface area contributed by atoms with Gasteiger partial charge in [-0.3, -0.25) is 4.79 Å². The second-order valence-electron chi connectivity index (χ2n) is 5.20. The molecule has 0 aliphatic heterocycles. The van der Waals surface area contributed by atoms with E-state index in [4.69, 9.17) is 4.74 Å². The van der Waals surface area contributed by atoms with E-state index >= 15 is 0 Å². The van der Waals surface area contributed by atoms with E-state index in [9.17, 15) is 4.79 Å². The van der Waals surface area contributed by atoms with Gasteiger partial charge in [-0.25, -0.2) is 9.67 Å². The number of rotatable bonds is 6. The normalized spacial score (nSPS) is 15.7. The fraction of sp³-hybridized carbons (Fsp3) is 0.400. The Morgan fingerprint density at radius 2 is 2.33 bits per heavy atom. The molecule has 1 N–H and O–H groups in total. The van der Waals surface area contributed by atoms with Crippen molar-refractivity contribution in [2.45, 2.75) is 18.9 Å². The summed E-state index contributed by atoms with van der Waals surface area (Å²) in [6.45, 7) is 0.537. The molecule has 21 heavy (non-hydrogen) atoms. The van der Waals surface area contributed by atoms with Gasteiger partial charge >= 0.3 is 0 Å². The van der Waals surface area contributed by atoms with Gasteiger partial charge in [-0.1, -0.05) is 6.07 Å². The van der Waals surface area contributed by atoms with Crippen molar-refractivity contribution in [1.29, 1.82) is 0 Å². The predicted molar refractivity (Wildman–Crippen MR) is 77.2 cm³/mol. The molecule has 1 amide bonds. The van der Waals surface area contributed by atoms with Crippen LogP contribution in [-0.4, -0.2) is 40.4 Å². The molecule has 0 bridgehead atoms. The number of hydrogen-bond acceptors (Lipinski definition) is 4. The number of nitrogens with one attached hydrogen (secondary N) is 1. The zero-order valence-corrected chi connectivity index (χ0v) is 11.9. The molecule has 1 aliphatic rings. The van der Waals surface area contributed by atoms with Crippen LogP contribution in [0.25, 0.3) is 5.82 Å². The minimum atomic E-state index is -0.169. The van der Waals surface area contributed by atoms with Crippen molar-refractivity contribution in [3.8, 4) is 5.82 Å². The maximum Gasteiger partial charge on any atom is 0.270 e. The molecule has 1 fully saturated rings. The zero-order valence-electron chi connectivity index (χ0n) is 11.9. The number of amides is 1. The van der Waals surface area contributed by atoms with Crippen LogP contribution in [-0.2, 0) is 4.74 Å². The third-order valence-corrected chi connectivity index (χ3v) is 3.56. The molecule has 6 heteroatoms. The summed E-state index contributed by atoms with van der Waals surface area (Å²) in [4.78, 5) is 16.7. The Kier molecular flexibility index (Phi) is 3.96. The van der Waals surface area contributed by atoms with E-state index in [-0.39, 0.29) is 11.9 Å². The number of methoxy groups -OCH3 is 1. The summed E-state index contributed by atoms with van der Waals surface area (Å²) >= 11 is 0. The van der Waals surface area contributed by atoms with Crippen LogP contribution in [0.2, 0.25) is 0 Å². The maximum atomic E-state index is 12.3. The number of hydrogen-bond donors (Lipinski definition) is 1. The van der Waals surface area contributed by atoms with Gasteiger partial charge in [0.1, 0.15) is 5.69 Å². The molecule has 0 radical (unpaired) electrons. The summed E-state index contributed by atoms with van der Waals surface area (Å²) in [5.74, 6) is 0.989. The summed E-state index contributed by atoms with van der Waals surface area (Å²) in [7, 11) is 1.65. The first-order valence-electron chi connectivity index (χ1n) is 7.05. The van der Waals surface area contributed by atoms with Crippen molar-refractivity contribution in [3.05, 3.63) is 42.4 Å². The van der Waals surface area contributed by atoms with E-state index in [1.807, 2.05) is 12.1 Å². The Labute approximate surface area is 123 Å². The van der Waals surface area contributed by atoms with E-state index in [0.717, 1.165) is 12.8 Å². The van der Waals surface area contributed by atoms with Crippen LogP contribution in [0.4, 0.5) is 0 Å². The molecule has 3 rings (SSSR count). The number of ether oxygens (including phenoxy) is 1. The van der Waals surface area contributed by atoms with Crippen LogP contribution >= 0.6 is 0 Å². The number of pyridine rings is 1. The van der Waals surface area contributed by atoms with E-state index in [1.165, 1.54) is 0 Å². The fourth-order valence-corrected chi connectivity index (χ4v) is 2.30.